The van der Waals surface area contributed by atoms with E-state index in [1.807, 2.05) is 7.05 Å². The Kier molecular flexibility index (Phi) is 1.44. The molecule has 2 aromatic heterocycles. The number of fused-ring (bicyclic) bond motifs is 1. The van der Waals surface area contributed by atoms with Crippen LogP contribution in [0.25, 0.3) is 11.2 Å². The maximum Gasteiger partial charge on any atom is 0.202 e. The summed E-state index contributed by atoms with van der Waals surface area (Å²) in [5.74, 6) is 0.444. The summed E-state index contributed by atoms with van der Waals surface area (Å²) in [4.78, 5) is 8.16. The zero-order valence-electron chi connectivity index (χ0n) is 6.45. The summed E-state index contributed by atoms with van der Waals surface area (Å²) in [6.07, 6.45) is 1.57. The summed E-state index contributed by atoms with van der Waals surface area (Å²) in [6.45, 7) is 0. The summed E-state index contributed by atoms with van der Waals surface area (Å²) in [5.41, 5.74) is 7.04. The number of nitrogens with zero attached hydrogens (tertiary/aromatic N) is 3. The first-order valence-corrected chi connectivity index (χ1v) is 3.80. The average Bonchev–Trinajstić information content (AvgIpc) is 2.28. The summed E-state index contributed by atoms with van der Waals surface area (Å²) in [5, 5.41) is 0.570. The van der Waals surface area contributed by atoms with Crippen molar-refractivity contribution < 1.29 is 0 Å². The van der Waals surface area contributed by atoms with Crippen LogP contribution in [0.5, 0.6) is 0 Å². The van der Waals surface area contributed by atoms with E-state index in [2.05, 4.69) is 9.97 Å². The smallest absolute Gasteiger partial charge is 0.202 e. The Morgan fingerprint density at radius 1 is 1.58 bits per heavy atom. The molecular formula is C7H7ClN4. The van der Waals surface area contributed by atoms with Gasteiger partial charge in [-0.1, -0.05) is 11.6 Å². The highest BCUT2D eigenvalue weighted by Crippen LogP contribution is 2.17. The van der Waals surface area contributed by atoms with Crippen LogP contribution < -0.4 is 5.73 Å². The molecular weight excluding hydrogens is 176 g/mol. The molecule has 0 aromatic carbocycles. The number of nitrogens with two attached hydrogens (primary N) is 1. The van der Waals surface area contributed by atoms with Crippen molar-refractivity contribution in [3.05, 3.63) is 17.3 Å². The predicted molar refractivity (Wildman–Crippen MR) is 47.9 cm³/mol. The molecule has 0 atom stereocenters. The van der Waals surface area contributed by atoms with Crippen molar-refractivity contribution in [3.8, 4) is 0 Å². The van der Waals surface area contributed by atoms with Crippen molar-refractivity contribution in [1.29, 1.82) is 0 Å². The number of aryl methyl sites for hydroxylation is 1. The lowest BCUT2D eigenvalue weighted by molar-refractivity contribution is 0.947. The third-order valence-electron chi connectivity index (χ3n) is 1.71. The molecule has 0 bridgehead atoms. The maximum absolute atomic E-state index is 5.73. The Balaban J connectivity index is 2.87. The van der Waals surface area contributed by atoms with Gasteiger partial charge in [0.15, 0.2) is 5.65 Å². The van der Waals surface area contributed by atoms with Crippen molar-refractivity contribution in [1.82, 2.24) is 14.5 Å². The molecule has 0 spiro atoms. The topological polar surface area (TPSA) is 56.7 Å². The van der Waals surface area contributed by atoms with E-state index >= 15 is 0 Å². The van der Waals surface area contributed by atoms with E-state index in [0.29, 0.717) is 11.0 Å². The lowest BCUT2D eigenvalue weighted by Crippen LogP contribution is -1.96. The van der Waals surface area contributed by atoms with Gasteiger partial charge in [-0.25, -0.2) is 9.97 Å². The SMILES string of the molecule is Cn1c(N)nc2cc(Cl)cnc21. The number of halogens is 1. The van der Waals surface area contributed by atoms with Crippen LogP contribution in [0, 0.1) is 0 Å². The second kappa shape index (κ2) is 2.35. The minimum atomic E-state index is 0.444. The van der Waals surface area contributed by atoms with E-state index in [9.17, 15) is 0 Å². The van der Waals surface area contributed by atoms with Crippen LogP contribution in [0.2, 0.25) is 5.02 Å². The number of hydrogen-bond acceptors (Lipinski definition) is 3. The molecule has 2 N–H and O–H groups in total. The Labute approximate surface area is 74.0 Å². The normalized spacial score (nSPS) is 10.8. The third-order valence-corrected chi connectivity index (χ3v) is 1.92. The van der Waals surface area contributed by atoms with E-state index in [0.717, 1.165) is 11.2 Å². The molecule has 0 unspecified atom stereocenters. The first-order chi connectivity index (χ1) is 5.68. The van der Waals surface area contributed by atoms with Crippen LogP contribution in [-0.2, 0) is 7.05 Å². The van der Waals surface area contributed by atoms with Crippen LogP contribution >= 0.6 is 11.6 Å². The minimum absolute atomic E-state index is 0.444. The number of hydrogen-bond donors (Lipinski definition) is 1. The van der Waals surface area contributed by atoms with Gasteiger partial charge in [-0.15, -0.1) is 0 Å². The van der Waals surface area contributed by atoms with Crippen LogP contribution in [0.15, 0.2) is 12.3 Å². The number of rotatable bonds is 0. The highest BCUT2D eigenvalue weighted by Gasteiger charge is 2.05. The van der Waals surface area contributed by atoms with Gasteiger partial charge in [0.05, 0.1) is 5.02 Å². The molecule has 0 aliphatic carbocycles. The molecule has 2 heterocycles. The van der Waals surface area contributed by atoms with Crippen LogP contribution in [-0.4, -0.2) is 14.5 Å². The molecule has 4 nitrogen and oxygen atoms in total. The Morgan fingerprint density at radius 2 is 2.33 bits per heavy atom. The van der Waals surface area contributed by atoms with Crippen molar-refractivity contribution >= 4 is 28.7 Å². The quantitative estimate of drug-likeness (QED) is 0.666. The zero-order valence-corrected chi connectivity index (χ0v) is 7.21. The summed E-state index contributed by atoms with van der Waals surface area (Å²) in [6, 6.07) is 1.74. The van der Waals surface area contributed by atoms with Gasteiger partial charge in [0.1, 0.15) is 5.52 Å². The van der Waals surface area contributed by atoms with Crippen molar-refractivity contribution in [2.24, 2.45) is 7.05 Å². The van der Waals surface area contributed by atoms with Crippen LogP contribution in [0.1, 0.15) is 0 Å². The minimum Gasteiger partial charge on any atom is -0.369 e. The molecule has 2 aromatic rings. The number of aromatic nitrogens is 3. The predicted octanol–water partition coefficient (Wildman–Crippen LogP) is 1.20. The van der Waals surface area contributed by atoms with Gasteiger partial charge in [0.25, 0.3) is 0 Å². The van der Waals surface area contributed by atoms with E-state index in [1.165, 1.54) is 0 Å². The van der Waals surface area contributed by atoms with E-state index in [4.69, 9.17) is 17.3 Å². The standard InChI is InChI=1S/C7H7ClN4/c1-12-6-5(11-7(12)9)2-4(8)3-10-6/h2-3H,1H3,(H2,9,11). The third kappa shape index (κ3) is 0.921. The van der Waals surface area contributed by atoms with E-state index < -0.39 is 0 Å². The lowest BCUT2D eigenvalue weighted by atomic mass is 10.4. The van der Waals surface area contributed by atoms with Gasteiger partial charge in [0, 0.05) is 13.2 Å². The van der Waals surface area contributed by atoms with Gasteiger partial charge in [-0.2, -0.15) is 0 Å². The number of nitrogen functional groups attached to an aromatic ring is 1. The molecule has 0 aliphatic heterocycles. The molecule has 12 heavy (non-hydrogen) atoms. The fourth-order valence-corrected chi connectivity index (χ4v) is 1.22. The zero-order chi connectivity index (χ0) is 8.72. The van der Waals surface area contributed by atoms with Gasteiger partial charge < -0.3 is 5.73 Å². The number of imidazole rings is 1. The van der Waals surface area contributed by atoms with E-state index in [1.54, 1.807) is 16.8 Å². The van der Waals surface area contributed by atoms with Gasteiger partial charge >= 0.3 is 0 Å². The second-order valence-electron chi connectivity index (χ2n) is 2.53. The first-order valence-electron chi connectivity index (χ1n) is 3.42. The van der Waals surface area contributed by atoms with Crippen molar-refractivity contribution in [3.63, 3.8) is 0 Å². The largest absolute Gasteiger partial charge is 0.369 e. The molecule has 0 aliphatic rings. The number of pyridine rings is 1. The van der Waals surface area contributed by atoms with Crippen LogP contribution in [0.3, 0.4) is 0 Å². The lowest BCUT2D eigenvalue weighted by Gasteiger charge is -1.93. The molecule has 5 heteroatoms. The molecule has 0 radical (unpaired) electrons. The summed E-state index contributed by atoms with van der Waals surface area (Å²) < 4.78 is 1.71. The summed E-state index contributed by atoms with van der Waals surface area (Å²) in [7, 11) is 1.81. The molecule has 0 saturated heterocycles. The molecule has 0 saturated carbocycles. The highest BCUT2D eigenvalue weighted by atomic mass is 35.5. The Bertz CT molecular complexity index is 434. The monoisotopic (exact) mass is 182 g/mol. The van der Waals surface area contributed by atoms with Crippen molar-refractivity contribution in [2.75, 3.05) is 5.73 Å². The van der Waals surface area contributed by atoms with Crippen molar-refractivity contribution in [2.45, 2.75) is 0 Å². The van der Waals surface area contributed by atoms with Gasteiger partial charge in [0.2, 0.25) is 5.95 Å². The maximum atomic E-state index is 5.73. The average molecular weight is 183 g/mol. The Morgan fingerprint density at radius 3 is 3.08 bits per heavy atom. The fourth-order valence-electron chi connectivity index (χ4n) is 1.07. The molecule has 62 valence electrons. The molecule has 2 rings (SSSR count). The van der Waals surface area contributed by atoms with Crippen LogP contribution in [0.4, 0.5) is 5.95 Å². The molecule has 0 amide bonds. The summed E-state index contributed by atoms with van der Waals surface area (Å²) >= 11 is 5.73. The van der Waals surface area contributed by atoms with Gasteiger partial charge in [-0.3, -0.25) is 4.57 Å². The molecule has 0 fully saturated rings. The highest BCUT2D eigenvalue weighted by molar-refractivity contribution is 6.31. The Hall–Kier alpha value is -1.29. The fraction of sp³-hybridized carbons (Fsp3) is 0.143. The second-order valence-corrected chi connectivity index (χ2v) is 2.96. The van der Waals surface area contributed by atoms with Gasteiger partial charge in [-0.05, 0) is 6.07 Å². The number of anilines is 1. The first kappa shape index (κ1) is 7.36. The van der Waals surface area contributed by atoms with E-state index in [-0.39, 0.29) is 0 Å².